The molecule has 0 radical (unpaired) electrons. The number of para-hydroxylation sites is 1. The molecule has 2 aromatic rings. The summed E-state index contributed by atoms with van der Waals surface area (Å²) < 4.78 is 15.5. The number of aryl methyl sites for hydroxylation is 1. The highest BCUT2D eigenvalue weighted by Crippen LogP contribution is 2.18. The molecule has 1 aliphatic rings. The lowest BCUT2D eigenvalue weighted by molar-refractivity contribution is 0.0909. The average Bonchev–Trinajstić information content (AvgIpc) is 2.86. The second-order valence-corrected chi connectivity index (χ2v) is 5.46. The maximum Gasteiger partial charge on any atom is 0.151 e. The molecule has 0 saturated carbocycles. The fourth-order valence-electron chi connectivity index (χ4n) is 2.94. The van der Waals surface area contributed by atoms with Gasteiger partial charge in [-0.3, -0.25) is 0 Å². The zero-order chi connectivity index (χ0) is 13.9. The fourth-order valence-corrected chi connectivity index (χ4v) is 2.94. The van der Waals surface area contributed by atoms with Crippen molar-refractivity contribution < 1.29 is 9.50 Å². The number of rotatable bonds is 4. The van der Waals surface area contributed by atoms with Gasteiger partial charge in [0.2, 0.25) is 0 Å². The van der Waals surface area contributed by atoms with Crippen LogP contribution in [-0.2, 0) is 6.54 Å². The number of benzene rings is 1. The van der Waals surface area contributed by atoms with E-state index in [0.29, 0.717) is 5.52 Å². The Kier molecular flexibility index (Phi) is 3.98. The molecule has 4 nitrogen and oxygen atoms in total. The first-order valence-corrected chi connectivity index (χ1v) is 7.26. The van der Waals surface area contributed by atoms with Crippen LogP contribution in [0.25, 0.3) is 11.0 Å². The summed E-state index contributed by atoms with van der Waals surface area (Å²) in [6.07, 6.45) is 5.26. The molecular weight excluding hydrogens is 257 g/mol. The Balaban J connectivity index is 1.61. The molecule has 2 atom stereocenters. The molecule has 0 aliphatic carbocycles. The topological polar surface area (TPSA) is 50.1 Å². The highest BCUT2D eigenvalue weighted by molar-refractivity contribution is 5.75. The Bertz CT molecular complexity index is 584. The highest BCUT2D eigenvalue weighted by atomic mass is 19.1. The summed E-state index contributed by atoms with van der Waals surface area (Å²) in [4.78, 5) is 4.12. The average molecular weight is 277 g/mol. The van der Waals surface area contributed by atoms with Crippen molar-refractivity contribution in [3.63, 3.8) is 0 Å². The summed E-state index contributed by atoms with van der Waals surface area (Å²) in [5.74, 6) is -0.273. The summed E-state index contributed by atoms with van der Waals surface area (Å²) in [6.45, 7) is 1.78. The number of nitrogens with zero attached hydrogens (tertiary/aromatic N) is 2. The minimum atomic E-state index is -0.273. The van der Waals surface area contributed by atoms with Gasteiger partial charge in [0.1, 0.15) is 5.52 Å². The molecule has 2 heterocycles. The molecule has 1 aromatic heterocycles. The van der Waals surface area contributed by atoms with Gasteiger partial charge < -0.3 is 15.0 Å². The summed E-state index contributed by atoms with van der Waals surface area (Å²) >= 11 is 0. The number of hydrogen-bond donors (Lipinski definition) is 2. The highest BCUT2D eigenvalue weighted by Gasteiger charge is 2.21. The van der Waals surface area contributed by atoms with E-state index in [4.69, 9.17) is 0 Å². The molecule has 108 valence electrons. The predicted molar refractivity (Wildman–Crippen MR) is 76.0 cm³/mol. The third-order valence-corrected chi connectivity index (χ3v) is 4.06. The van der Waals surface area contributed by atoms with Crippen LogP contribution in [0.5, 0.6) is 0 Å². The summed E-state index contributed by atoms with van der Waals surface area (Å²) in [5.41, 5.74) is 1.27. The van der Waals surface area contributed by atoms with Gasteiger partial charge in [-0.25, -0.2) is 9.37 Å². The van der Waals surface area contributed by atoms with Gasteiger partial charge in [-0.15, -0.1) is 0 Å². The van der Waals surface area contributed by atoms with Crippen molar-refractivity contribution in [3.8, 4) is 0 Å². The van der Waals surface area contributed by atoms with E-state index in [0.717, 1.165) is 44.3 Å². The summed E-state index contributed by atoms with van der Waals surface area (Å²) in [7, 11) is 0. The van der Waals surface area contributed by atoms with Crippen LogP contribution in [0.2, 0.25) is 0 Å². The smallest absolute Gasteiger partial charge is 0.151 e. The van der Waals surface area contributed by atoms with E-state index >= 15 is 0 Å². The molecule has 1 aromatic carbocycles. The number of aliphatic hydroxyl groups is 1. The molecule has 1 saturated heterocycles. The van der Waals surface area contributed by atoms with Crippen LogP contribution in [0.1, 0.15) is 25.7 Å². The quantitative estimate of drug-likeness (QED) is 0.899. The summed E-state index contributed by atoms with van der Waals surface area (Å²) in [5, 5.41) is 13.3. The lowest BCUT2D eigenvalue weighted by Gasteiger charge is -2.29. The van der Waals surface area contributed by atoms with Crippen LogP contribution in [0.3, 0.4) is 0 Å². The number of aliphatic hydroxyl groups excluding tert-OH is 1. The van der Waals surface area contributed by atoms with Gasteiger partial charge in [-0.1, -0.05) is 6.07 Å². The molecule has 3 rings (SSSR count). The number of halogens is 1. The van der Waals surface area contributed by atoms with Crippen molar-refractivity contribution in [3.05, 3.63) is 30.3 Å². The molecular formula is C15H20FN3O. The van der Waals surface area contributed by atoms with E-state index in [1.807, 2.05) is 10.6 Å². The number of hydrogen-bond acceptors (Lipinski definition) is 3. The van der Waals surface area contributed by atoms with E-state index in [2.05, 4.69) is 10.3 Å². The molecule has 20 heavy (non-hydrogen) atoms. The first-order chi connectivity index (χ1) is 9.75. The first-order valence-electron chi connectivity index (χ1n) is 7.26. The normalized spacial score (nSPS) is 23.3. The van der Waals surface area contributed by atoms with Crippen LogP contribution in [0, 0.1) is 5.82 Å². The third kappa shape index (κ3) is 2.69. The maximum absolute atomic E-state index is 13.5. The zero-order valence-electron chi connectivity index (χ0n) is 11.4. The van der Waals surface area contributed by atoms with Crippen molar-refractivity contribution in [2.45, 2.75) is 44.4 Å². The van der Waals surface area contributed by atoms with Crippen molar-refractivity contribution >= 4 is 11.0 Å². The van der Waals surface area contributed by atoms with Gasteiger partial charge in [0.15, 0.2) is 5.82 Å². The van der Waals surface area contributed by atoms with Gasteiger partial charge in [-0.2, -0.15) is 0 Å². The number of nitrogens with one attached hydrogen (secondary N) is 1. The Hall–Kier alpha value is -1.46. The second-order valence-electron chi connectivity index (χ2n) is 5.46. The van der Waals surface area contributed by atoms with E-state index in [-0.39, 0.29) is 18.0 Å². The number of fused-ring (bicyclic) bond motifs is 1. The molecule has 0 unspecified atom stereocenters. The van der Waals surface area contributed by atoms with Gasteiger partial charge in [0.05, 0.1) is 17.9 Å². The van der Waals surface area contributed by atoms with Crippen LogP contribution in [-0.4, -0.2) is 33.3 Å². The Morgan fingerprint density at radius 2 is 2.35 bits per heavy atom. The van der Waals surface area contributed by atoms with Crippen LogP contribution < -0.4 is 5.32 Å². The lowest BCUT2D eigenvalue weighted by Crippen LogP contribution is -2.44. The minimum Gasteiger partial charge on any atom is -0.392 e. The van der Waals surface area contributed by atoms with E-state index in [1.54, 1.807) is 12.4 Å². The third-order valence-electron chi connectivity index (χ3n) is 4.06. The second kappa shape index (κ2) is 5.89. The Morgan fingerprint density at radius 3 is 3.20 bits per heavy atom. The van der Waals surface area contributed by atoms with Crippen molar-refractivity contribution in [2.75, 3.05) is 6.54 Å². The molecule has 5 heteroatoms. The van der Waals surface area contributed by atoms with Crippen molar-refractivity contribution in [1.82, 2.24) is 14.9 Å². The van der Waals surface area contributed by atoms with Gasteiger partial charge >= 0.3 is 0 Å². The van der Waals surface area contributed by atoms with Crippen molar-refractivity contribution in [1.29, 1.82) is 0 Å². The monoisotopic (exact) mass is 277 g/mol. The largest absolute Gasteiger partial charge is 0.392 e. The predicted octanol–water partition coefficient (Wildman–Crippen LogP) is 2.07. The molecule has 2 N–H and O–H groups in total. The maximum atomic E-state index is 13.5. The van der Waals surface area contributed by atoms with E-state index in [1.165, 1.54) is 6.07 Å². The minimum absolute atomic E-state index is 0.190. The first kappa shape index (κ1) is 13.5. The molecule has 1 fully saturated rings. The number of imidazole rings is 1. The SMILES string of the molecule is O[C@H]1CCCN[C@@H]1CCCn1cnc2c(F)cccc21. The van der Waals surface area contributed by atoms with Crippen molar-refractivity contribution in [2.24, 2.45) is 0 Å². The molecule has 0 amide bonds. The molecule has 1 aliphatic heterocycles. The van der Waals surface area contributed by atoms with E-state index < -0.39 is 0 Å². The molecule has 0 bridgehead atoms. The fraction of sp³-hybridized carbons (Fsp3) is 0.533. The zero-order valence-corrected chi connectivity index (χ0v) is 11.4. The van der Waals surface area contributed by atoms with E-state index in [9.17, 15) is 9.50 Å². The number of aromatic nitrogens is 2. The lowest BCUT2D eigenvalue weighted by atomic mass is 9.97. The summed E-state index contributed by atoms with van der Waals surface area (Å²) in [6, 6.07) is 5.22. The van der Waals surface area contributed by atoms with Crippen LogP contribution in [0.4, 0.5) is 4.39 Å². The van der Waals surface area contributed by atoms with Gasteiger partial charge in [0, 0.05) is 12.6 Å². The van der Waals surface area contributed by atoms with Gasteiger partial charge in [0.25, 0.3) is 0 Å². The standard InChI is InChI=1S/C15H20FN3O/c16-11-4-1-6-13-15(11)18-10-19(13)9-3-5-12-14(20)7-2-8-17-12/h1,4,6,10,12,14,17,20H,2-3,5,7-9H2/t12-,14+/m1/s1. The van der Waals surface area contributed by atoms with Crippen LogP contribution in [0.15, 0.2) is 24.5 Å². The Labute approximate surface area is 117 Å². The molecule has 0 spiro atoms. The number of piperidine rings is 1. The Morgan fingerprint density at radius 1 is 1.45 bits per heavy atom. The van der Waals surface area contributed by atoms with Crippen LogP contribution >= 0.6 is 0 Å². The van der Waals surface area contributed by atoms with Gasteiger partial charge in [-0.05, 0) is 44.4 Å².